The van der Waals surface area contributed by atoms with Crippen molar-refractivity contribution in [3.05, 3.63) is 35.8 Å². The van der Waals surface area contributed by atoms with Gasteiger partial charge < -0.3 is 14.9 Å². The summed E-state index contributed by atoms with van der Waals surface area (Å²) in [5, 5.41) is 0. The topological polar surface area (TPSA) is 52.5 Å². The van der Waals surface area contributed by atoms with Crippen molar-refractivity contribution in [2.24, 2.45) is 5.73 Å². The number of nitrogens with zero attached hydrogens (tertiary/aromatic N) is 2. The molecule has 1 aliphatic rings. The minimum Gasteiger partial charge on any atom is -0.372 e. The summed E-state index contributed by atoms with van der Waals surface area (Å²) in [6.45, 7) is 1.38. The summed E-state index contributed by atoms with van der Waals surface area (Å²) in [5.41, 5.74) is 8.79. The molecule has 17 heavy (non-hydrogen) atoms. The zero-order chi connectivity index (χ0) is 11.7. The summed E-state index contributed by atoms with van der Waals surface area (Å²) >= 11 is 0. The maximum absolute atomic E-state index is 5.76. The number of rotatable bonds is 2. The van der Waals surface area contributed by atoms with Gasteiger partial charge in [0.2, 0.25) is 0 Å². The summed E-state index contributed by atoms with van der Waals surface area (Å²) in [4.78, 5) is 4.63. The molecule has 0 amide bonds. The van der Waals surface area contributed by atoms with Crippen molar-refractivity contribution in [1.29, 1.82) is 0 Å². The second kappa shape index (κ2) is 4.47. The Labute approximate surface area is 100 Å². The molecule has 1 fully saturated rings. The van der Waals surface area contributed by atoms with Gasteiger partial charge in [-0.2, -0.15) is 0 Å². The molecule has 0 spiro atoms. The molecule has 0 aliphatic carbocycles. The third-order valence-corrected chi connectivity index (χ3v) is 3.31. The average molecular weight is 231 g/mol. The van der Waals surface area contributed by atoms with Crippen LogP contribution in [0.15, 0.2) is 24.4 Å². The highest BCUT2D eigenvalue weighted by molar-refractivity contribution is 5.42. The molecule has 2 aromatic heterocycles. The van der Waals surface area contributed by atoms with Gasteiger partial charge in [-0.3, -0.25) is 0 Å². The van der Waals surface area contributed by atoms with E-state index in [1.807, 2.05) is 18.2 Å². The van der Waals surface area contributed by atoms with Crippen molar-refractivity contribution in [2.45, 2.75) is 31.9 Å². The van der Waals surface area contributed by atoms with E-state index < -0.39 is 0 Å². The van der Waals surface area contributed by atoms with E-state index in [0.717, 1.165) is 36.5 Å². The van der Waals surface area contributed by atoms with Crippen LogP contribution < -0.4 is 5.73 Å². The number of hydrogen-bond donors (Lipinski definition) is 1. The Morgan fingerprint density at radius 1 is 1.41 bits per heavy atom. The van der Waals surface area contributed by atoms with E-state index in [9.17, 15) is 0 Å². The van der Waals surface area contributed by atoms with Crippen molar-refractivity contribution in [2.75, 3.05) is 6.61 Å². The first-order valence-electron chi connectivity index (χ1n) is 6.17. The fourth-order valence-corrected chi connectivity index (χ4v) is 2.38. The standard InChI is InChI=1S/C13H17N3O/c14-8-10-4-3-6-13-15-11(9-16(10)13)12-5-1-2-7-17-12/h3-4,6,9,12H,1-2,5,7-8,14H2. The Morgan fingerprint density at radius 2 is 2.35 bits per heavy atom. The van der Waals surface area contributed by atoms with Crippen molar-refractivity contribution in [3.63, 3.8) is 0 Å². The monoisotopic (exact) mass is 231 g/mol. The first kappa shape index (κ1) is 10.7. The molecule has 2 N–H and O–H groups in total. The number of ether oxygens (including phenoxy) is 1. The maximum atomic E-state index is 5.76. The van der Waals surface area contributed by atoms with Crippen LogP contribution in [-0.2, 0) is 11.3 Å². The Balaban J connectivity index is 2.00. The maximum Gasteiger partial charge on any atom is 0.137 e. The third kappa shape index (κ3) is 1.94. The Morgan fingerprint density at radius 3 is 3.12 bits per heavy atom. The lowest BCUT2D eigenvalue weighted by Gasteiger charge is -2.20. The molecule has 3 rings (SSSR count). The van der Waals surface area contributed by atoms with Gasteiger partial charge >= 0.3 is 0 Å². The van der Waals surface area contributed by atoms with E-state index in [0.29, 0.717) is 6.54 Å². The molecule has 3 heterocycles. The highest BCUT2D eigenvalue weighted by atomic mass is 16.5. The minimum absolute atomic E-state index is 0.161. The van der Waals surface area contributed by atoms with Crippen molar-refractivity contribution in [1.82, 2.24) is 9.38 Å². The van der Waals surface area contributed by atoms with Crippen molar-refractivity contribution >= 4 is 5.65 Å². The first-order chi connectivity index (χ1) is 8.38. The molecule has 1 atom stereocenters. The van der Waals surface area contributed by atoms with Crippen LogP contribution in [0, 0.1) is 0 Å². The largest absolute Gasteiger partial charge is 0.372 e. The molecule has 1 aliphatic heterocycles. The Hall–Kier alpha value is -1.39. The van der Waals surface area contributed by atoms with Crippen LogP contribution in [0.1, 0.15) is 36.8 Å². The molecule has 0 aromatic carbocycles. The third-order valence-electron chi connectivity index (χ3n) is 3.31. The number of fused-ring (bicyclic) bond motifs is 1. The second-order valence-electron chi connectivity index (χ2n) is 4.47. The van der Waals surface area contributed by atoms with Crippen LogP contribution in [0.4, 0.5) is 0 Å². The fourth-order valence-electron chi connectivity index (χ4n) is 2.38. The minimum atomic E-state index is 0.161. The van der Waals surface area contributed by atoms with Gasteiger partial charge in [-0.05, 0) is 31.4 Å². The van der Waals surface area contributed by atoms with Crippen LogP contribution >= 0.6 is 0 Å². The number of aromatic nitrogens is 2. The number of pyridine rings is 1. The van der Waals surface area contributed by atoms with Gasteiger partial charge in [-0.15, -0.1) is 0 Å². The summed E-state index contributed by atoms with van der Waals surface area (Å²) < 4.78 is 7.82. The smallest absolute Gasteiger partial charge is 0.137 e. The van der Waals surface area contributed by atoms with Crippen LogP contribution in [0.2, 0.25) is 0 Å². The Bertz CT molecular complexity index is 514. The quantitative estimate of drug-likeness (QED) is 0.860. The summed E-state index contributed by atoms with van der Waals surface area (Å²) in [7, 11) is 0. The van der Waals surface area contributed by atoms with E-state index in [2.05, 4.69) is 15.6 Å². The van der Waals surface area contributed by atoms with Gasteiger partial charge in [0, 0.05) is 25.0 Å². The van der Waals surface area contributed by atoms with E-state index in [1.54, 1.807) is 0 Å². The summed E-state index contributed by atoms with van der Waals surface area (Å²) in [5.74, 6) is 0. The van der Waals surface area contributed by atoms with E-state index >= 15 is 0 Å². The predicted molar refractivity (Wildman–Crippen MR) is 65.6 cm³/mol. The van der Waals surface area contributed by atoms with E-state index in [1.165, 1.54) is 6.42 Å². The van der Waals surface area contributed by atoms with Gasteiger partial charge in [0.15, 0.2) is 0 Å². The highest BCUT2D eigenvalue weighted by Crippen LogP contribution is 2.27. The molecule has 1 unspecified atom stereocenters. The van der Waals surface area contributed by atoms with Crippen LogP contribution in [0.5, 0.6) is 0 Å². The molecule has 1 saturated heterocycles. The lowest BCUT2D eigenvalue weighted by Crippen LogP contribution is -2.11. The van der Waals surface area contributed by atoms with Crippen LogP contribution in [0.3, 0.4) is 0 Å². The van der Waals surface area contributed by atoms with Crippen LogP contribution in [-0.4, -0.2) is 16.0 Å². The molecule has 90 valence electrons. The number of nitrogens with two attached hydrogens (primary N) is 1. The average Bonchev–Trinajstić information content (AvgIpc) is 2.83. The fraction of sp³-hybridized carbons (Fsp3) is 0.462. The van der Waals surface area contributed by atoms with Crippen molar-refractivity contribution < 1.29 is 4.74 Å². The highest BCUT2D eigenvalue weighted by Gasteiger charge is 2.19. The molecule has 2 aromatic rings. The van der Waals surface area contributed by atoms with Crippen LogP contribution in [0.25, 0.3) is 5.65 Å². The van der Waals surface area contributed by atoms with Gasteiger partial charge in [0.1, 0.15) is 11.8 Å². The van der Waals surface area contributed by atoms with Gasteiger partial charge in [0.05, 0.1) is 5.69 Å². The molecule has 4 nitrogen and oxygen atoms in total. The van der Waals surface area contributed by atoms with E-state index in [-0.39, 0.29) is 6.10 Å². The zero-order valence-corrected chi connectivity index (χ0v) is 9.80. The lowest BCUT2D eigenvalue weighted by molar-refractivity contribution is 0.0126. The molecule has 4 heteroatoms. The molecular formula is C13H17N3O. The normalized spacial score (nSPS) is 20.9. The molecule has 0 radical (unpaired) electrons. The number of hydrogen-bond acceptors (Lipinski definition) is 3. The van der Waals surface area contributed by atoms with Gasteiger partial charge in [0.25, 0.3) is 0 Å². The summed E-state index contributed by atoms with van der Waals surface area (Å²) in [6.07, 6.45) is 5.68. The SMILES string of the molecule is NCc1cccc2nc(C3CCCCO3)cn12. The van der Waals surface area contributed by atoms with E-state index in [4.69, 9.17) is 10.5 Å². The first-order valence-corrected chi connectivity index (χ1v) is 6.17. The molecular weight excluding hydrogens is 214 g/mol. The molecule has 0 saturated carbocycles. The number of imidazole rings is 1. The molecule has 0 bridgehead atoms. The summed E-state index contributed by atoms with van der Waals surface area (Å²) in [6, 6.07) is 6.03. The second-order valence-corrected chi connectivity index (χ2v) is 4.47. The lowest BCUT2D eigenvalue weighted by atomic mass is 10.1. The van der Waals surface area contributed by atoms with Gasteiger partial charge in [-0.1, -0.05) is 6.07 Å². The van der Waals surface area contributed by atoms with Gasteiger partial charge in [-0.25, -0.2) is 4.98 Å². The van der Waals surface area contributed by atoms with Crippen molar-refractivity contribution in [3.8, 4) is 0 Å². The predicted octanol–water partition coefficient (Wildman–Crippen LogP) is 2.03. The zero-order valence-electron chi connectivity index (χ0n) is 9.80. The Kier molecular flexibility index (Phi) is 2.82.